The smallest absolute Gasteiger partial charge is 0.232 e. The maximum atomic E-state index is 14.8. The number of halogens is 4. The summed E-state index contributed by atoms with van der Waals surface area (Å²) in [5.41, 5.74) is -2.34. The largest absolute Gasteiger partial charge is 0.288 e. The Balaban J connectivity index is 2.11. The topological polar surface area (TPSA) is 89.0 Å². The van der Waals surface area contributed by atoms with Crippen LogP contribution in [0.25, 0.3) is 11.0 Å². The first-order valence-corrected chi connectivity index (χ1v) is 9.93. The molecule has 0 saturated heterocycles. The minimum atomic E-state index is -4.03. The Morgan fingerprint density at radius 3 is 2.48 bits per heavy atom. The molecule has 0 aliphatic heterocycles. The molecule has 0 bridgehead atoms. The number of anilines is 1. The van der Waals surface area contributed by atoms with E-state index in [0.29, 0.717) is 6.07 Å². The number of carbonyl (C=O) groups is 1. The lowest BCUT2D eigenvalue weighted by atomic mass is 10.0. The standard InChI is InChI=1S/C18H13F4N3O3S/c1-2-5-29(27,28)25-13-7-10(19)16(21)15(17(13)22)18(26)9-3-4-11-12(6-9)24-14(20)8-23-11/h3-4,6-8,25H,2,5H2,1H3. The fourth-order valence-corrected chi connectivity index (χ4v) is 3.76. The lowest BCUT2D eigenvalue weighted by Crippen LogP contribution is -2.19. The molecule has 1 heterocycles. The van der Waals surface area contributed by atoms with Gasteiger partial charge in [0.05, 0.1) is 34.2 Å². The Labute approximate surface area is 162 Å². The predicted octanol–water partition coefficient (Wildman–Crippen LogP) is 3.57. The zero-order valence-corrected chi connectivity index (χ0v) is 15.7. The summed E-state index contributed by atoms with van der Waals surface area (Å²) in [4.78, 5) is 19.9. The molecule has 0 spiro atoms. The van der Waals surface area contributed by atoms with Crippen molar-refractivity contribution in [3.63, 3.8) is 0 Å². The first-order chi connectivity index (χ1) is 13.6. The first-order valence-electron chi connectivity index (χ1n) is 8.28. The van der Waals surface area contributed by atoms with Crippen LogP contribution in [0.3, 0.4) is 0 Å². The third-order valence-corrected chi connectivity index (χ3v) is 5.37. The van der Waals surface area contributed by atoms with Crippen LogP contribution in [-0.2, 0) is 10.0 Å². The molecule has 0 fully saturated rings. The highest BCUT2D eigenvalue weighted by atomic mass is 32.2. The highest BCUT2D eigenvalue weighted by Crippen LogP contribution is 2.28. The summed E-state index contributed by atoms with van der Waals surface area (Å²) < 4.78 is 81.7. The van der Waals surface area contributed by atoms with E-state index < -0.39 is 50.5 Å². The number of fused-ring (bicyclic) bond motifs is 1. The summed E-state index contributed by atoms with van der Waals surface area (Å²) in [6.07, 6.45) is 1.05. The second kappa shape index (κ2) is 7.74. The van der Waals surface area contributed by atoms with Crippen molar-refractivity contribution < 1.29 is 30.8 Å². The minimum absolute atomic E-state index is 0.0584. The molecule has 0 amide bonds. The second-order valence-corrected chi connectivity index (χ2v) is 7.90. The van der Waals surface area contributed by atoms with Crippen molar-refractivity contribution >= 4 is 32.5 Å². The van der Waals surface area contributed by atoms with Crippen LogP contribution >= 0.6 is 0 Å². The van der Waals surface area contributed by atoms with Gasteiger partial charge >= 0.3 is 0 Å². The maximum Gasteiger partial charge on any atom is 0.232 e. The van der Waals surface area contributed by atoms with E-state index in [0.717, 1.165) is 18.3 Å². The van der Waals surface area contributed by atoms with E-state index in [1.165, 1.54) is 6.07 Å². The van der Waals surface area contributed by atoms with Crippen molar-refractivity contribution in [2.24, 2.45) is 0 Å². The lowest BCUT2D eigenvalue weighted by molar-refractivity contribution is 0.103. The minimum Gasteiger partial charge on any atom is -0.288 e. The molecular weight excluding hydrogens is 414 g/mol. The van der Waals surface area contributed by atoms with Crippen molar-refractivity contribution in [3.05, 3.63) is 65.0 Å². The molecule has 3 aromatic rings. The number of hydrogen-bond donors (Lipinski definition) is 1. The van der Waals surface area contributed by atoms with E-state index in [1.807, 2.05) is 0 Å². The molecule has 1 N–H and O–H groups in total. The van der Waals surface area contributed by atoms with Gasteiger partial charge in [-0.05, 0) is 24.6 Å². The third kappa shape index (κ3) is 4.19. The van der Waals surface area contributed by atoms with Gasteiger partial charge in [0.1, 0.15) is 0 Å². The molecule has 2 aromatic carbocycles. The van der Waals surface area contributed by atoms with E-state index in [1.54, 1.807) is 11.6 Å². The van der Waals surface area contributed by atoms with Crippen molar-refractivity contribution in [3.8, 4) is 0 Å². The van der Waals surface area contributed by atoms with E-state index in [-0.39, 0.29) is 28.8 Å². The molecule has 1 aromatic heterocycles. The van der Waals surface area contributed by atoms with E-state index in [4.69, 9.17) is 0 Å². The van der Waals surface area contributed by atoms with Crippen LogP contribution in [0.1, 0.15) is 29.3 Å². The number of nitrogens with one attached hydrogen (secondary N) is 1. The van der Waals surface area contributed by atoms with Gasteiger partial charge in [-0.15, -0.1) is 0 Å². The van der Waals surface area contributed by atoms with E-state index >= 15 is 0 Å². The Hall–Kier alpha value is -3.08. The molecule has 3 rings (SSSR count). The number of rotatable bonds is 6. The summed E-state index contributed by atoms with van der Waals surface area (Å²) in [6.45, 7) is 1.56. The number of benzene rings is 2. The fourth-order valence-electron chi connectivity index (χ4n) is 2.64. The van der Waals surface area contributed by atoms with Gasteiger partial charge < -0.3 is 0 Å². The van der Waals surface area contributed by atoms with Gasteiger partial charge in [-0.2, -0.15) is 4.39 Å². The molecule has 0 saturated carbocycles. The molecule has 0 unspecified atom stereocenters. The van der Waals surface area contributed by atoms with Crippen LogP contribution in [0.15, 0.2) is 30.5 Å². The Bertz CT molecular complexity index is 1230. The third-order valence-electron chi connectivity index (χ3n) is 3.90. The number of carbonyl (C=O) groups excluding carboxylic acids is 1. The van der Waals surface area contributed by atoms with Crippen LogP contribution in [-0.4, -0.2) is 29.9 Å². The predicted molar refractivity (Wildman–Crippen MR) is 96.9 cm³/mol. The van der Waals surface area contributed by atoms with Crippen molar-refractivity contribution in [2.45, 2.75) is 13.3 Å². The molecular formula is C18H13F4N3O3S. The molecule has 0 atom stereocenters. The van der Waals surface area contributed by atoms with Gasteiger partial charge in [0.15, 0.2) is 23.2 Å². The van der Waals surface area contributed by atoms with E-state index in [9.17, 15) is 30.8 Å². The quantitative estimate of drug-likeness (QED) is 0.369. The zero-order chi connectivity index (χ0) is 21.3. The van der Waals surface area contributed by atoms with Crippen LogP contribution in [0, 0.1) is 23.4 Å². The van der Waals surface area contributed by atoms with Crippen molar-refractivity contribution in [1.82, 2.24) is 9.97 Å². The van der Waals surface area contributed by atoms with Crippen LogP contribution in [0.2, 0.25) is 0 Å². The maximum absolute atomic E-state index is 14.8. The fraction of sp³-hybridized carbons (Fsp3) is 0.167. The molecule has 29 heavy (non-hydrogen) atoms. The molecule has 0 aliphatic carbocycles. The van der Waals surface area contributed by atoms with Gasteiger partial charge in [0.25, 0.3) is 0 Å². The number of ketones is 1. The highest BCUT2D eigenvalue weighted by Gasteiger charge is 2.27. The zero-order valence-electron chi connectivity index (χ0n) is 14.8. The lowest BCUT2D eigenvalue weighted by Gasteiger charge is -2.12. The van der Waals surface area contributed by atoms with Gasteiger partial charge in [0.2, 0.25) is 16.0 Å². The summed E-state index contributed by atoms with van der Waals surface area (Å²) in [6, 6.07) is 3.78. The average Bonchev–Trinajstić information content (AvgIpc) is 2.65. The summed E-state index contributed by atoms with van der Waals surface area (Å²) >= 11 is 0. The molecule has 0 radical (unpaired) electrons. The Kier molecular flexibility index (Phi) is 5.51. The molecule has 6 nitrogen and oxygen atoms in total. The van der Waals surface area contributed by atoms with E-state index in [2.05, 4.69) is 9.97 Å². The van der Waals surface area contributed by atoms with Crippen LogP contribution in [0.5, 0.6) is 0 Å². The van der Waals surface area contributed by atoms with Crippen LogP contribution < -0.4 is 4.72 Å². The monoisotopic (exact) mass is 427 g/mol. The molecule has 152 valence electrons. The number of hydrogen-bond acceptors (Lipinski definition) is 5. The Morgan fingerprint density at radius 1 is 1.07 bits per heavy atom. The number of aromatic nitrogens is 2. The summed E-state index contributed by atoms with van der Waals surface area (Å²) in [7, 11) is -4.03. The molecule has 0 aliphatic rings. The second-order valence-electron chi connectivity index (χ2n) is 6.06. The van der Waals surface area contributed by atoms with Gasteiger partial charge in [0, 0.05) is 11.6 Å². The highest BCUT2D eigenvalue weighted by molar-refractivity contribution is 7.92. The van der Waals surface area contributed by atoms with Crippen molar-refractivity contribution in [1.29, 1.82) is 0 Å². The summed E-state index contributed by atoms with van der Waals surface area (Å²) in [5.74, 6) is -7.56. The number of nitrogens with zero attached hydrogens (tertiary/aromatic N) is 2. The summed E-state index contributed by atoms with van der Waals surface area (Å²) in [5, 5.41) is 0. The van der Waals surface area contributed by atoms with Gasteiger partial charge in [-0.1, -0.05) is 6.92 Å². The normalized spacial score (nSPS) is 11.6. The number of sulfonamides is 1. The molecule has 11 heteroatoms. The van der Waals surface area contributed by atoms with Gasteiger partial charge in [-0.3, -0.25) is 9.52 Å². The van der Waals surface area contributed by atoms with Crippen LogP contribution in [0.4, 0.5) is 23.2 Å². The SMILES string of the molecule is CCCS(=O)(=O)Nc1cc(F)c(F)c(C(=O)c2ccc3ncc(F)nc3c2)c1F. The average molecular weight is 427 g/mol. The van der Waals surface area contributed by atoms with Gasteiger partial charge in [-0.25, -0.2) is 31.6 Å². The first kappa shape index (κ1) is 20.6. The van der Waals surface area contributed by atoms with Crippen molar-refractivity contribution in [2.75, 3.05) is 10.5 Å². The Morgan fingerprint density at radius 2 is 1.79 bits per heavy atom.